The molecule has 3 heterocycles. The van der Waals surface area contributed by atoms with E-state index in [1.165, 1.54) is 6.08 Å². The highest BCUT2D eigenvalue weighted by atomic mass is 16.5. The topological polar surface area (TPSA) is 105 Å². The number of aryl methyl sites for hydroxylation is 1. The van der Waals surface area contributed by atoms with Gasteiger partial charge in [-0.2, -0.15) is 0 Å². The monoisotopic (exact) mass is 458 g/mol. The van der Waals surface area contributed by atoms with Crippen molar-refractivity contribution in [3.05, 3.63) is 65.5 Å². The van der Waals surface area contributed by atoms with Crippen molar-refractivity contribution in [2.24, 2.45) is 0 Å². The number of ether oxygens (including phenoxy) is 2. The molecule has 0 radical (unpaired) electrons. The summed E-state index contributed by atoms with van der Waals surface area (Å²) in [6.07, 6.45) is 5.57. The van der Waals surface area contributed by atoms with Crippen LogP contribution in [0, 0.1) is 0 Å². The quantitative estimate of drug-likeness (QED) is 0.372. The van der Waals surface area contributed by atoms with E-state index < -0.39 is 0 Å². The first-order valence-electron chi connectivity index (χ1n) is 11.3. The van der Waals surface area contributed by atoms with Crippen molar-refractivity contribution in [2.75, 3.05) is 32.2 Å². The normalized spacial score (nSPS) is 13.9. The first kappa shape index (κ1) is 21.9. The lowest BCUT2D eigenvalue weighted by atomic mass is 9.88. The molecule has 34 heavy (non-hydrogen) atoms. The Bertz CT molecular complexity index is 1290. The second kappa shape index (κ2) is 9.15. The van der Waals surface area contributed by atoms with E-state index in [1.54, 1.807) is 7.11 Å². The van der Waals surface area contributed by atoms with Crippen molar-refractivity contribution in [3.8, 4) is 28.3 Å². The van der Waals surface area contributed by atoms with Gasteiger partial charge in [0.05, 0.1) is 29.2 Å². The van der Waals surface area contributed by atoms with Gasteiger partial charge >= 0.3 is 0 Å². The van der Waals surface area contributed by atoms with Gasteiger partial charge in [0.15, 0.2) is 0 Å². The number of aromatic amines is 1. The molecule has 5 rings (SSSR count). The molecule has 1 aromatic carbocycles. The lowest BCUT2D eigenvalue weighted by Gasteiger charge is -2.19. The van der Waals surface area contributed by atoms with Crippen LogP contribution in [0.15, 0.2) is 43.1 Å². The largest absolute Gasteiger partial charge is 0.489 e. The van der Waals surface area contributed by atoms with Crippen LogP contribution in [0.5, 0.6) is 5.75 Å². The molecule has 0 spiro atoms. The number of carbonyl (C=O) groups excluding carboxylic acids is 2. The molecular formula is C26H26N4O4. The maximum absolute atomic E-state index is 12.5. The number of fused-ring (bicyclic) bond motifs is 5. The summed E-state index contributed by atoms with van der Waals surface area (Å²) in [5.41, 5.74) is 8.24. The number of nitrogens with one attached hydrogen (secondary N) is 3. The number of pyridine rings is 1. The second-order valence-corrected chi connectivity index (χ2v) is 8.31. The van der Waals surface area contributed by atoms with E-state index in [0.717, 1.165) is 64.2 Å². The summed E-state index contributed by atoms with van der Waals surface area (Å²) in [6, 6.07) is 7.62. The molecule has 3 aromatic rings. The maximum Gasteiger partial charge on any atom is 0.253 e. The van der Waals surface area contributed by atoms with E-state index in [2.05, 4.69) is 22.2 Å². The van der Waals surface area contributed by atoms with Crippen LogP contribution in [0.4, 0.5) is 5.69 Å². The van der Waals surface area contributed by atoms with Crippen molar-refractivity contribution >= 4 is 17.5 Å². The average molecular weight is 459 g/mol. The molecule has 0 saturated carbocycles. The Morgan fingerprint density at radius 2 is 2.12 bits per heavy atom. The van der Waals surface area contributed by atoms with Crippen LogP contribution in [0.2, 0.25) is 0 Å². The molecule has 2 amide bonds. The van der Waals surface area contributed by atoms with E-state index in [1.807, 2.05) is 30.5 Å². The Kier molecular flexibility index (Phi) is 5.90. The molecule has 2 aromatic heterocycles. The molecule has 1 aliphatic heterocycles. The average Bonchev–Trinajstić information content (AvgIpc) is 3.25. The highest BCUT2D eigenvalue weighted by Crippen LogP contribution is 2.39. The molecule has 174 valence electrons. The van der Waals surface area contributed by atoms with Crippen molar-refractivity contribution in [3.63, 3.8) is 0 Å². The number of nitrogens with zero attached hydrogens (tertiary/aromatic N) is 1. The van der Waals surface area contributed by atoms with E-state index in [4.69, 9.17) is 14.5 Å². The fraction of sp³-hybridized carbons (Fsp3) is 0.269. The van der Waals surface area contributed by atoms with Crippen LogP contribution >= 0.6 is 0 Å². The molecule has 0 bridgehead atoms. The molecule has 8 heteroatoms. The minimum atomic E-state index is -0.327. The number of methoxy groups -OCH3 is 1. The molecule has 0 unspecified atom stereocenters. The van der Waals surface area contributed by atoms with Gasteiger partial charge in [-0.3, -0.25) is 14.6 Å². The number of hydrogen-bond acceptors (Lipinski definition) is 5. The summed E-state index contributed by atoms with van der Waals surface area (Å²) in [5.74, 6) is 0.217. The van der Waals surface area contributed by atoms with Gasteiger partial charge < -0.3 is 25.1 Å². The maximum atomic E-state index is 12.5. The minimum absolute atomic E-state index is 0.00291. The van der Waals surface area contributed by atoms with Gasteiger partial charge in [0.2, 0.25) is 5.91 Å². The summed E-state index contributed by atoms with van der Waals surface area (Å²) in [6.45, 7) is 4.97. The van der Waals surface area contributed by atoms with Crippen molar-refractivity contribution in [1.82, 2.24) is 15.3 Å². The summed E-state index contributed by atoms with van der Waals surface area (Å²) >= 11 is 0. The first-order valence-corrected chi connectivity index (χ1v) is 11.3. The number of rotatable bonds is 7. The number of hydrogen-bond donors (Lipinski definition) is 3. The zero-order valence-corrected chi connectivity index (χ0v) is 19.0. The van der Waals surface area contributed by atoms with Gasteiger partial charge in [0.1, 0.15) is 12.4 Å². The van der Waals surface area contributed by atoms with Crippen LogP contribution < -0.4 is 15.4 Å². The SMILES string of the molecule is C=CC(=O)Nc1cc(-c2cc3c(cn2)CCc2c-3[nH]c3c2C(=O)NCC3)ccc1OCCOC. The van der Waals surface area contributed by atoms with E-state index in [0.29, 0.717) is 31.2 Å². The number of H-pyrrole nitrogens is 1. The minimum Gasteiger partial charge on any atom is -0.489 e. The Labute approximate surface area is 197 Å². The summed E-state index contributed by atoms with van der Waals surface area (Å²) in [5, 5.41) is 5.77. The number of amides is 2. The Balaban J connectivity index is 1.53. The Morgan fingerprint density at radius 3 is 2.94 bits per heavy atom. The summed E-state index contributed by atoms with van der Waals surface area (Å²) in [4.78, 5) is 32.7. The molecule has 3 N–H and O–H groups in total. The molecule has 0 atom stereocenters. The van der Waals surface area contributed by atoms with Gasteiger partial charge in [0, 0.05) is 43.1 Å². The lowest BCUT2D eigenvalue weighted by Crippen LogP contribution is -2.32. The zero-order valence-electron chi connectivity index (χ0n) is 19.0. The third kappa shape index (κ3) is 3.97. The third-order valence-electron chi connectivity index (χ3n) is 6.23. The fourth-order valence-electron chi connectivity index (χ4n) is 4.59. The van der Waals surface area contributed by atoms with Crippen LogP contribution in [0.3, 0.4) is 0 Å². The van der Waals surface area contributed by atoms with Crippen molar-refractivity contribution < 1.29 is 19.1 Å². The second-order valence-electron chi connectivity index (χ2n) is 8.31. The summed E-state index contributed by atoms with van der Waals surface area (Å²) in [7, 11) is 1.60. The van der Waals surface area contributed by atoms with Crippen LogP contribution in [0.25, 0.3) is 22.5 Å². The number of aromatic nitrogens is 2. The van der Waals surface area contributed by atoms with Crippen molar-refractivity contribution in [1.29, 1.82) is 0 Å². The van der Waals surface area contributed by atoms with E-state index in [-0.39, 0.29) is 11.8 Å². The van der Waals surface area contributed by atoms with Crippen LogP contribution in [-0.4, -0.2) is 48.7 Å². The van der Waals surface area contributed by atoms with Gasteiger partial charge in [-0.25, -0.2) is 0 Å². The van der Waals surface area contributed by atoms with E-state index in [9.17, 15) is 9.59 Å². The van der Waals surface area contributed by atoms with Gasteiger partial charge in [-0.05, 0) is 54.3 Å². The lowest BCUT2D eigenvalue weighted by molar-refractivity contribution is -0.111. The van der Waals surface area contributed by atoms with Gasteiger partial charge in [-0.15, -0.1) is 0 Å². The zero-order chi connectivity index (χ0) is 23.7. The smallest absolute Gasteiger partial charge is 0.253 e. The number of anilines is 1. The van der Waals surface area contributed by atoms with Crippen molar-refractivity contribution in [2.45, 2.75) is 19.3 Å². The van der Waals surface area contributed by atoms with E-state index >= 15 is 0 Å². The summed E-state index contributed by atoms with van der Waals surface area (Å²) < 4.78 is 10.8. The molecule has 8 nitrogen and oxygen atoms in total. The molecular weight excluding hydrogens is 432 g/mol. The highest BCUT2D eigenvalue weighted by molar-refractivity contribution is 6.01. The molecule has 1 aliphatic carbocycles. The third-order valence-corrected chi connectivity index (χ3v) is 6.23. The Morgan fingerprint density at radius 1 is 1.24 bits per heavy atom. The van der Waals surface area contributed by atoms with Crippen LogP contribution in [-0.2, 0) is 28.8 Å². The standard InChI is InChI=1S/C26H26N4O4/c1-3-23(31)29-21-12-15(5-7-22(21)34-11-10-33-2)20-13-18-16(14-28-20)4-6-17-24-19(30-25(17)18)8-9-27-26(24)32/h3,5,7,12-14,30H,1,4,6,8-11H2,2H3,(H,27,32)(H,29,31). The Hall–Kier alpha value is -3.91. The number of benzene rings is 1. The highest BCUT2D eigenvalue weighted by Gasteiger charge is 2.29. The predicted octanol–water partition coefficient (Wildman–Crippen LogP) is 3.28. The molecule has 0 fully saturated rings. The predicted molar refractivity (Wildman–Crippen MR) is 129 cm³/mol. The van der Waals surface area contributed by atoms with Crippen LogP contribution in [0.1, 0.15) is 27.2 Å². The first-order chi connectivity index (χ1) is 16.6. The number of carbonyl (C=O) groups is 2. The molecule has 2 aliphatic rings. The molecule has 0 saturated heterocycles. The van der Waals surface area contributed by atoms with Gasteiger partial charge in [0.25, 0.3) is 5.91 Å². The van der Waals surface area contributed by atoms with Gasteiger partial charge in [-0.1, -0.05) is 6.58 Å². The fourth-order valence-corrected chi connectivity index (χ4v) is 4.59.